The minimum atomic E-state index is -0.119. The van der Waals surface area contributed by atoms with Gasteiger partial charge in [0.1, 0.15) is 34.5 Å². The molecule has 0 bridgehead atoms. The molecular formula is C38H26O5. The highest BCUT2D eigenvalue weighted by atomic mass is 16.5. The molecule has 0 saturated carbocycles. The molecule has 0 N–H and O–H groups in total. The fourth-order valence-corrected chi connectivity index (χ4v) is 4.47. The quantitative estimate of drug-likeness (QED) is 0.156. The molecule has 0 atom stereocenters. The minimum Gasteiger partial charge on any atom is -0.457 e. The summed E-state index contributed by atoms with van der Waals surface area (Å²) in [5.74, 6) is 3.49. The van der Waals surface area contributed by atoms with Gasteiger partial charge in [-0.05, 0) is 97.1 Å². The Kier molecular flexibility index (Phi) is 8.05. The van der Waals surface area contributed by atoms with Gasteiger partial charge in [0.15, 0.2) is 11.6 Å². The van der Waals surface area contributed by atoms with Crippen LogP contribution in [0.25, 0.3) is 0 Å². The molecule has 0 fully saturated rings. The van der Waals surface area contributed by atoms with Gasteiger partial charge in [0.05, 0.1) is 0 Å². The van der Waals surface area contributed by atoms with E-state index in [2.05, 4.69) is 0 Å². The van der Waals surface area contributed by atoms with E-state index in [9.17, 15) is 9.59 Å². The maximum Gasteiger partial charge on any atom is 0.193 e. The zero-order chi connectivity index (χ0) is 29.4. The van der Waals surface area contributed by atoms with Gasteiger partial charge in [-0.2, -0.15) is 0 Å². The highest BCUT2D eigenvalue weighted by Gasteiger charge is 2.13. The summed E-state index contributed by atoms with van der Waals surface area (Å²) in [4.78, 5) is 26.2. The molecule has 208 valence electrons. The van der Waals surface area contributed by atoms with E-state index in [0.29, 0.717) is 56.8 Å². The van der Waals surface area contributed by atoms with Crippen LogP contribution in [0.3, 0.4) is 0 Å². The second-order valence-electron chi connectivity index (χ2n) is 9.69. The Labute approximate surface area is 249 Å². The van der Waals surface area contributed by atoms with Crippen molar-refractivity contribution in [3.8, 4) is 34.5 Å². The first-order valence-corrected chi connectivity index (χ1v) is 13.7. The van der Waals surface area contributed by atoms with E-state index in [1.165, 1.54) is 0 Å². The molecule has 43 heavy (non-hydrogen) atoms. The standard InChI is InChI=1S/C38H26O5/c39-37(29-9-7-15-35(25-29)42-31-11-3-1-4-12-31)27-17-21-33(22-18-27)41-34-23-19-28(20-24-34)38(40)30-10-8-16-36(26-30)43-32-13-5-2-6-14-32/h1-26H. The summed E-state index contributed by atoms with van der Waals surface area (Å²) in [5, 5.41) is 0. The summed E-state index contributed by atoms with van der Waals surface area (Å²) in [5.41, 5.74) is 2.12. The Morgan fingerprint density at radius 2 is 0.628 bits per heavy atom. The second-order valence-corrected chi connectivity index (χ2v) is 9.69. The highest BCUT2D eigenvalue weighted by molar-refractivity contribution is 6.09. The van der Waals surface area contributed by atoms with Crippen LogP contribution in [0.1, 0.15) is 31.8 Å². The number of hydrogen-bond acceptors (Lipinski definition) is 5. The van der Waals surface area contributed by atoms with Crippen LogP contribution in [-0.4, -0.2) is 11.6 Å². The Balaban J connectivity index is 1.09. The minimum absolute atomic E-state index is 0.119. The monoisotopic (exact) mass is 562 g/mol. The van der Waals surface area contributed by atoms with Crippen molar-refractivity contribution in [1.29, 1.82) is 0 Å². The summed E-state index contributed by atoms with van der Waals surface area (Å²) in [7, 11) is 0. The molecule has 0 aliphatic carbocycles. The van der Waals surface area contributed by atoms with Gasteiger partial charge in [-0.1, -0.05) is 60.7 Å². The number of benzene rings is 6. The van der Waals surface area contributed by atoms with Crippen molar-refractivity contribution < 1.29 is 23.8 Å². The van der Waals surface area contributed by atoms with Crippen molar-refractivity contribution in [2.75, 3.05) is 0 Å². The SMILES string of the molecule is O=C(c1ccc(Oc2ccc(C(=O)c3cccc(Oc4ccccc4)c3)cc2)cc1)c1cccc(Oc2ccccc2)c1. The van der Waals surface area contributed by atoms with Crippen LogP contribution >= 0.6 is 0 Å². The lowest BCUT2D eigenvalue weighted by Gasteiger charge is -2.09. The van der Waals surface area contributed by atoms with E-state index in [1.54, 1.807) is 84.9 Å². The van der Waals surface area contributed by atoms with Gasteiger partial charge in [0.2, 0.25) is 0 Å². The molecule has 0 saturated heterocycles. The number of carbonyl (C=O) groups is 2. The number of para-hydroxylation sites is 2. The van der Waals surface area contributed by atoms with Crippen molar-refractivity contribution in [2.45, 2.75) is 0 Å². The Hall–Kier alpha value is -5.94. The number of carbonyl (C=O) groups excluding carboxylic acids is 2. The van der Waals surface area contributed by atoms with Crippen molar-refractivity contribution in [2.24, 2.45) is 0 Å². The van der Waals surface area contributed by atoms with Crippen LogP contribution in [-0.2, 0) is 0 Å². The van der Waals surface area contributed by atoms with Crippen molar-refractivity contribution in [3.05, 3.63) is 180 Å². The third-order valence-corrected chi connectivity index (χ3v) is 6.62. The Morgan fingerprint density at radius 1 is 0.302 bits per heavy atom. The highest BCUT2D eigenvalue weighted by Crippen LogP contribution is 2.27. The van der Waals surface area contributed by atoms with E-state index in [4.69, 9.17) is 14.2 Å². The molecule has 0 heterocycles. The first kappa shape index (κ1) is 27.2. The number of ether oxygens (including phenoxy) is 3. The maximum atomic E-state index is 13.1. The summed E-state index contributed by atoms with van der Waals surface area (Å²) in [6.45, 7) is 0. The molecule has 0 radical (unpaired) electrons. The third-order valence-electron chi connectivity index (χ3n) is 6.62. The fourth-order valence-electron chi connectivity index (χ4n) is 4.47. The predicted molar refractivity (Wildman–Crippen MR) is 166 cm³/mol. The average Bonchev–Trinajstić information content (AvgIpc) is 3.06. The molecule has 6 aromatic rings. The van der Waals surface area contributed by atoms with Crippen LogP contribution < -0.4 is 14.2 Å². The largest absolute Gasteiger partial charge is 0.457 e. The van der Waals surface area contributed by atoms with Crippen LogP contribution in [0.15, 0.2) is 158 Å². The summed E-state index contributed by atoms with van der Waals surface area (Å²) in [6, 6.07) is 47.0. The van der Waals surface area contributed by atoms with Crippen LogP contribution in [0.4, 0.5) is 0 Å². The molecule has 0 amide bonds. The predicted octanol–water partition coefficient (Wildman–Crippen LogP) is 9.53. The molecule has 0 aromatic heterocycles. The summed E-state index contributed by atoms with van der Waals surface area (Å²) < 4.78 is 17.7. The fraction of sp³-hybridized carbons (Fsp3) is 0. The summed E-state index contributed by atoms with van der Waals surface area (Å²) >= 11 is 0. The van der Waals surface area contributed by atoms with Crippen LogP contribution in [0.2, 0.25) is 0 Å². The molecule has 0 aliphatic heterocycles. The van der Waals surface area contributed by atoms with E-state index < -0.39 is 0 Å². The molecule has 6 rings (SSSR count). The molecular weight excluding hydrogens is 536 g/mol. The van der Waals surface area contributed by atoms with Crippen molar-refractivity contribution in [1.82, 2.24) is 0 Å². The number of rotatable bonds is 10. The van der Waals surface area contributed by atoms with E-state index >= 15 is 0 Å². The number of hydrogen-bond donors (Lipinski definition) is 0. The van der Waals surface area contributed by atoms with E-state index in [1.807, 2.05) is 72.8 Å². The first-order chi connectivity index (χ1) is 21.1. The van der Waals surface area contributed by atoms with Gasteiger partial charge in [0, 0.05) is 22.3 Å². The van der Waals surface area contributed by atoms with Crippen LogP contribution in [0.5, 0.6) is 34.5 Å². The Bertz CT molecular complexity index is 1710. The second kappa shape index (κ2) is 12.7. The topological polar surface area (TPSA) is 61.8 Å². The van der Waals surface area contributed by atoms with E-state index in [0.717, 1.165) is 0 Å². The van der Waals surface area contributed by atoms with Gasteiger partial charge in [0.25, 0.3) is 0 Å². The molecule has 5 nitrogen and oxygen atoms in total. The van der Waals surface area contributed by atoms with Gasteiger partial charge in [-0.3, -0.25) is 9.59 Å². The van der Waals surface area contributed by atoms with Gasteiger partial charge in [-0.25, -0.2) is 0 Å². The van der Waals surface area contributed by atoms with Crippen molar-refractivity contribution >= 4 is 11.6 Å². The molecule has 0 unspecified atom stereocenters. The Morgan fingerprint density at radius 3 is 1.02 bits per heavy atom. The maximum absolute atomic E-state index is 13.1. The third kappa shape index (κ3) is 6.87. The lowest BCUT2D eigenvalue weighted by molar-refractivity contribution is 0.103. The van der Waals surface area contributed by atoms with Gasteiger partial charge < -0.3 is 14.2 Å². The number of ketones is 2. The molecule has 6 aromatic carbocycles. The zero-order valence-corrected chi connectivity index (χ0v) is 23.1. The van der Waals surface area contributed by atoms with Crippen molar-refractivity contribution in [3.63, 3.8) is 0 Å². The molecule has 0 aliphatic rings. The van der Waals surface area contributed by atoms with E-state index in [-0.39, 0.29) is 11.6 Å². The zero-order valence-electron chi connectivity index (χ0n) is 23.1. The lowest BCUT2D eigenvalue weighted by Crippen LogP contribution is -2.02. The van der Waals surface area contributed by atoms with Crippen LogP contribution in [0, 0.1) is 0 Å². The lowest BCUT2D eigenvalue weighted by atomic mass is 10.0. The average molecular weight is 563 g/mol. The molecule has 5 heteroatoms. The summed E-state index contributed by atoms with van der Waals surface area (Å²) in [6.07, 6.45) is 0. The molecule has 0 spiro atoms. The smallest absolute Gasteiger partial charge is 0.193 e. The normalized spacial score (nSPS) is 10.5. The van der Waals surface area contributed by atoms with Gasteiger partial charge in [-0.15, -0.1) is 0 Å². The van der Waals surface area contributed by atoms with Gasteiger partial charge >= 0.3 is 0 Å². The first-order valence-electron chi connectivity index (χ1n) is 13.7.